The molecule has 0 saturated heterocycles. The number of rotatable bonds is 4. The maximum absolute atomic E-state index is 13.9. The number of nitriles is 1. The molecule has 0 aliphatic carbocycles. The topological polar surface area (TPSA) is 40.9 Å². The van der Waals surface area contributed by atoms with Crippen LogP contribution >= 0.6 is 0 Å². The van der Waals surface area contributed by atoms with Crippen molar-refractivity contribution in [2.75, 3.05) is 0 Å². The summed E-state index contributed by atoms with van der Waals surface area (Å²) < 4.78 is 26.2. The summed E-state index contributed by atoms with van der Waals surface area (Å²) in [6.45, 7) is 3.99. The van der Waals surface area contributed by atoms with Gasteiger partial charge in [-0.05, 0) is 25.5 Å². The predicted molar refractivity (Wildman–Crippen MR) is 82.6 cm³/mol. The van der Waals surface area contributed by atoms with Crippen LogP contribution in [0.5, 0.6) is 0 Å². The zero-order valence-electron chi connectivity index (χ0n) is 12.0. The number of halogens is 1. The van der Waals surface area contributed by atoms with Crippen LogP contribution in [0, 0.1) is 31.0 Å². The summed E-state index contributed by atoms with van der Waals surface area (Å²) in [6.07, 6.45) is 0. The second-order valence-corrected chi connectivity index (χ2v) is 6.57. The molecular weight excluding hydrogens is 285 g/mol. The van der Waals surface area contributed by atoms with Crippen molar-refractivity contribution >= 4 is 10.8 Å². The zero-order chi connectivity index (χ0) is 15.4. The molecule has 2 rings (SSSR count). The van der Waals surface area contributed by atoms with Crippen molar-refractivity contribution in [3.63, 3.8) is 0 Å². The smallest absolute Gasteiger partial charge is 0.145 e. The fourth-order valence-electron chi connectivity index (χ4n) is 2.34. The van der Waals surface area contributed by atoms with Crippen molar-refractivity contribution in [2.24, 2.45) is 0 Å². The molecule has 0 amide bonds. The molecule has 2 aromatic carbocycles. The van der Waals surface area contributed by atoms with Crippen molar-refractivity contribution in [3.8, 4) is 6.07 Å². The number of hydrogen-bond acceptors (Lipinski definition) is 2. The van der Waals surface area contributed by atoms with E-state index in [-0.39, 0.29) is 11.3 Å². The highest BCUT2D eigenvalue weighted by atomic mass is 32.2. The van der Waals surface area contributed by atoms with Crippen LogP contribution in [0.3, 0.4) is 0 Å². The first kappa shape index (κ1) is 15.4. The molecule has 1 unspecified atom stereocenters. The normalized spacial score (nSPS) is 11.9. The molecule has 0 bridgehead atoms. The Kier molecular flexibility index (Phi) is 4.87. The lowest BCUT2D eigenvalue weighted by atomic mass is 10.1. The zero-order valence-corrected chi connectivity index (χ0v) is 12.8. The molecule has 2 aromatic rings. The van der Waals surface area contributed by atoms with Gasteiger partial charge in [-0.2, -0.15) is 5.26 Å². The molecule has 0 radical (unpaired) electrons. The van der Waals surface area contributed by atoms with Crippen molar-refractivity contribution < 1.29 is 8.60 Å². The first-order valence-electron chi connectivity index (χ1n) is 6.59. The van der Waals surface area contributed by atoms with E-state index in [0.29, 0.717) is 11.3 Å². The first-order valence-corrected chi connectivity index (χ1v) is 8.08. The maximum Gasteiger partial charge on any atom is 0.145 e. The van der Waals surface area contributed by atoms with Crippen LogP contribution in [0.1, 0.15) is 27.8 Å². The molecule has 4 heteroatoms. The molecular formula is C17H16FNOS. The molecule has 1 atom stereocenters. The summed E-state index contributed by atoms with van der Waals surface area (Å²) in [5, 5.41) is 8.81. The van der Waals surface area contributed by atoms with Gasteiger partial charge in [0.25, 0.3) is 0 Å². The predicted octanol–water partition coefficient (Wildman–Crippen LogP) is 3.76. The highest BCUT2D eigenvalue weighted by Crippen LogP contribution is 2.17. The van der Waals surface area contributed by atoms with E-state index in [1.165, 1.54) is 6.07 Å². The second-order valence-electron chi connectivity index (χ2n) is 5.11. The minimum Gasteiger partial charge on any atom is -0.259 e. The molecule has 0 N–H and O–H groups in total. The van der Waals surface area contributed by atoms with Gasteiger partial charge in [0, 0.05) is 22.1 Å². The highest BCUT2D eigenvalue weighted by molar-refractivity contribution is 7.83. The van der Waals surface area contributed by atoms with E-state index in [9.17, 15) is 8.60 Å². The third-order valence-corrected chi connectivity index (χ3v) is 4.41. The molecule has 108 valence electrons. The van der Waals surface area contributed by atoms with Gasteiger partial charge in [-0.3, -0.25) is 4.21 Å². The molecule has 0 aliphatic heterocycles. The van der Waals surface area contributed by atoms with Gasteiger partial charge in [-0.15, -0.1) is 0 Å². The molecule has 2 nitrogen and oxygen atoms in total. The number of nitrogens with zero attached hydrogens (tertiary/aromatic N) is 1. The van der Waals surface area contributed by atoms with Gasteiger partial charge in [0.1, 0.15) is 11.9 Å². The van der Waals surface area contributed by atoms with Crippen LogP contribution in [0.2, 0.25) is 0 Å². The van der Waals surface area contributed by atoms with Gasteiger partial charge in [-0.1, -0.05) is 41.5 Å². The maximum atomic E-state index is 13.9. The largest absolute Gasteiger partial charge is 0.259 e. The van der Waals surface area contributed by atoms with Gasteiger partial charge in [-0.25, -0.2) is 4.39 Å². The summed E-state index contributed by atoms with van der Waals surface area (Å²) in [4.78, 5) is 0. The molecule has 0 saturated carbocycles. The standard InChI is InChI=1S/C17H16FNOS/c1-12-6-13(2)8-14(7-12)10-21(20)11-16-5-3-4-15(9-19)17(16)18/h3-8H,10-11H2,1-2H3. The fourth-order valence-corrected chi connectivity index (χ4v) is 3.55. The van der Waals surface area contributed by atoms with Crippen molar-refractivity contribution in [1.29, 1.82) is 5.26 Å². The Labute approximate surface area is 126 Å². The Bertz CT molecular complexity index is 714. The van der Waals surface area contributed by atoms with E-state index >= 15 is 0 Å². The van der Waals surface area contributed by atoms with Crippen molar-refractivity contribution in [1.82, 2.24) is 0 Å². The summed E-state index contributed by atoms with van der Waals surface area (Å²) >= 11 is 0. The molecule has 0 fully saturated rings. The van der Waals surface area contributed by atoms with E-state index in [4.69, 9.17) is 5.26 Å². The summed E-state index contributed by atoms with van der Waals surface area (Å²) in [5.41, 5.74) is 3.56. The molecule has 0 spiro atoms. The van der Waals surface area contributed by atoms with E-state index in [0.717, 1.165) is 16.7 Å². The lowest BCUT2D eigenvalue weighted by molar-refractivity contribution is 0.611. The summed E-state index contributed by atoms with van der Waals surface area (Å²) in [7, 11) is -1.21. The SMILES string of the molecule is Cc1cc(C)cc(CS(=O)Cc2cccc(C#N)c2F)c1. The van der Waals surface area contributed by atoms with E-state index in [1.807, 2.05) is 26.0 Å². The van der Waals surface area contributed by atoms with Crippen LogP contribution in [-0.2, 0) is 22.3 Å². The van der Waals surface area contributed by atoms with E-state index < -0.39 is 16.6 Å². The average molecular weight is 301 g/mol. The van der Waals surface area contributed by atoms with Gasteiger partial charge in [0.2, 0.25) is 0 Å². The molecule has 0 heterocycles. The fraction of sp³-hybridized carbons (Fsp3) is 0.235. The number of aryl methyl sites for hydroxylation is 2. The Morgan fingerprint density at radius 1 is 1.14 bits per heavy atom. The lowest BCUT2D eigenvalue weighted by Gasteiger charge is -2.07. The van der Waals surface area contributed by atoms with Crippen molar-refractivity contribution in [2.45, 2.75) is 25.4 Å². The summed E-state index contributed by atoms with van der Waals surface area (Å²) in [6, 6.07) is 12.5. The molecule has 0 aliphatic rings. The minimum atomic E-state index is -1.21. The van der Waals surface area contributed by atoms with Gasteiger partial charge in [0.15, 0.2) is 0 Å². The van der Waals surface area contributed by atoms with Crippen LogP contribution in [0.4, 0.5) is 4.39 Å². The number of benzene rings is 2. The van der Waals surface area contributed by atoms with Crippen molar-refractivity contribution in [3.05, 3.63) is 70.0 Å². The van der Waals surface area contributed by atoms with Crippen LogP contribution < -0.4 is 0 Å². The second kappa shape index (κ2) is 6.64. The number of hydrogen-bond donors (Lipinski definition) is 0. The molecule has 21 heavy (non-hydrogen) atoms. The summed E-state index contributed by atoms with van der Waals surface area (Å²) in [5.74, 6) is -0.0543. The highest BCUT2D eigenvalue weighted by Gasteiger charge is 2.11. The third-order valence-electron chi connectivity index (χ3n) is 3.12. The van der Waals surface area contributed by atoms with Crippen LogP contribution in [-0.4, -0.2) is 4.21 Å². The van der Waals surface area contributed by atoms with E-state index in [2.05, 4.69) is 6.07 Å². The molecule has 0 aromatic heterocycles. The van der Waals surface area contributed by atoms with Gasteiger partial charge < -0.3 is 0 Å². The average Bonchev–Trinajstić information content (AvgIpc) is 2.40. The van der Waals surface area contributed by atoms with Crippen LogP contribution in [0.25, 0.3) is 0 Å². The Morgan fingerprint density at radius 3 is 2.43 bits per heavy atom. The Morgan fingerprint density at radius 2 is 1.81 bits per heavy atom. The minimum absolute atomic E-state index is 0.00380. The van der Waals surface area contributed by atoms with Crippen LogP contribution in [0.15, 0.2) is 36.4 Å². The monoisotopic (exact) mass is 301 g/mol. The first-order chi connectivity index (χ1) is 9.99. The third kappa shape index (κ3) is 3.99. The van der Waals surface area contributed by atoms with Gasteiger partial charge >= 0.3 is 0 Å². The Hall–Kier alpha value is -1.99. The quantitative estimate of drug-likeness (QED) is 0.862. The van der Waals surface area contributed by atoms with E-state index in [1.54, 1.807) is 18.2 Å². The van der Waals surface area contributed by atoms with Gasteiger partial charge in [0.05, 0.1) is 11.3 Å². The Balaban J connectivity index is 2.14. The lowest BCUT2D eigenvalue weighted by Crippen LogP contribution is -2.03.